The molecule has 17 heavy (non-hydrogen) atoms. The average molecular weight is 242 g/mol. The van der Waals surface area contributed by atoms with E-state index in [9.17, 15) is 0 Å². The molecule has 1 unspecified atom stereocenters. The van der Waals surface area contributed by atoms with Crippen LogP contribution in [0.4, 0.5) is 0 Å². The minimum Gasteiger partial charge on any atom is -0.384 e. The molecule has 0 radical (unpaired) electrons. The number of piperidine rings is 1. The van der Waals surface area contributed by atoms with E-state index in [2.05, 4.69) is 24.1 Å². The number of nitrogens with zero attached hydrogens (tertiary/aromatic N) is 1. The maximum atomic E-state index is 5.24. The molecule has 0 aromatic heterocycles. The summed E-state index contributed by atoms with van der Waals surface area (Å²) in [7, 11) is 1.81. The first-order valence-electron chi connectivity index (χ1n) is 7.24. The van der Waals surface area contributed by atoms with Gasteiger partial charge in [-0.3, -0.25) is 0 Å². The molecule has 1 aliphatic heterocycles. The lowest BCUT2D eigenvalue weighted by atomic mass is 9.97. The summed E-state index contributed by atoms with van der Waals surface area (Å²) in [5.74, 6) is 0.792. The van der Waals surface area contributed by atoms with Crippen LogP contribution in [-0.2, 0) is 4.74 Å². The molecular weight excluding hydrogens is 212 g/mol. The summed E-state index contributed by atoms with van der Waals surface area (Å²) in [6.07, 6.45) is 5.07. The Morgan fingerprint density at radius 3 is 2.53 bits per heavy atom. The highest BCUT2D eigenvalue weighted by Gasteiger charge is 2.20. The van der Waals surface area contributed by atoms with Gasteiger partial charge in [-0.1, -0.05) is 13.8 Å². The summed E-state index contributed by atoms with van der Waals surface area (Å²) in [6, 6.07) is 0.675. The van der Waals surface area contributed by atoms with Crippen molar-refractivity contribution < 1.29 is 4.74 Å². The summed E-state index contributed by atoms with van der Waals surface area (Å²) < 4.78 is 5.24. The largest absolute Gasteiger partial charge is 0.384 e. The number of methoxy groups -OCH3 is 1. The fourth-order valence-corrected chi connectivity index (χ4v) is 2.57. The van der Waals surface area contributed by atoms with Crippen molar-refractivity contribution in [3.8, 4) is 0 Å². The number of hydrogen-bond acceptors (Lipinski definition) is 3. The van der Waals surface area contributed by atoms with E-state index in [-0.39, 0.29) is 0 Å². The van der Waals surface area contributed by atoms with E-state index in [1.54, 1.807) is 0 Å². The van der Waals surface area contributed by atoms with Crippen LogP contribution in [0.15, 0.2) is 0 Å². The number of likely N-dealkylation sites (tertiary alicyclic amines) is 1. The number of nitrogens with one attached hydrogen (secondary N) is 1. The Hall–Kier alpha value is -0.120. The molecule has 1 N–H and O–H groups in total. The molecule has 3 heteroatoms. The Morgan fingerprint density at radius 1 is 1.29 bits per heavy atom. The fourth-order valence-electron chi connectivity index (χ4n) is 2.57. The Labute approximate surface area is 107 Å². The molecule has 0 spiro atoms. The van der Waals surface area contributed by atoms with Gasteiger partial charge in [-0.25, -0.2) is 0 Å². The van der Waals surface area contributed by atoms with Crippen LogP contribution >= 0.6 is 0 Å². The van der Waals surface area contributed by atoms with E-state index in [0.29, 0.717) is 6.04 Å². The van der Waals surface area contributed by atoms with Gasteiger partial charge >= 0.3 is 0 Å². The first-order valence-corrected chi connectivity index (χ1v) is 7.24. The monoisotopic (exact) mass is 242 g/mol. The van der Waals surface area contributed by atoms with Crippen LogP contribution in [-0.4, -0.2) is 50.8 Å². The molecule has 102 valence electrons. The Morgan fingerprint density at radius 2 is 2.00 bits per heavy atom. The second-order valence-corrected chi connectivity index (χ2v) is 5.26. The van der Waals surface area contributed by atoms with Crippen LogP contribution in [0.2, 0.25) is 0 Å². The molecule has 0 aromatic carbocycles. The highest BCUT2D eigenvalue weighted by Crippen LogP contribution is 2.17. The van der Waals surface area contributed by atoms with Crippen molar-refractivity contribution in [1.29, 1.82) is 0 Å². The van der Waals surface area contributed by atoms with Crippen LogP contribution in [0.25, 0.3) is 0 Å². The Kier molecular flexibility index (Phi) is 7.82. The standard InChI is InChI=1S/C14H30N2O/c1-4-8-15-14(5-2)11-16-9-6-13(7-10-16)12-17-3/h13-15H,4-12H2,1-3H3. The Balaban J connectivity index is 2.19. The number of ether oxygens (including phenoxy) is 1. The highest BCUT2D eigenvalue weighted by molar-refractivity contribution is 4.76. The summed E-state index contributed by atoms with van der Waals surface area (Å²) in [5, 5.41) is 3.64. The lowest BCUT2D eigenvalue weighted by molar-refractivity contribution is 0.0949. The van der Waals surface area contributed by atoms with Gasteiger partial charge in [0.05, 0.1) is 0 Å². The van der Waals surface area contributed by atoms with Crippen LogP contribution in [0.3, 0.4) is 0 Å². The van der Waals surface area contributed by atoms with E-state index in [1.165, 1.54) is 45.3 Å². The zero-order chi connectivity index (χ0) is 12.5. The molecule has 0 bridgehead atoms. The van der Waals surface area contributed by atoms with Crippen molar-refractivity contribution >= 4 is 0 Å². The summed E-state index contributed by atoms with van der Waals surface area (Å²) in [5.41, 5.74) is 0. The van der Waals surface area contributed by atoms with Gasteiger partial charge in [0.15, 0.2) is 0 Å². The van der Waals surface area contributed by atoms with Gasteiger partial charge < -0.3 is 15.0 Å². The lowest BCUT2D eigenvalue weighted by Crippen LogP contribution is -2.44. The molecule has 1 rings (SSSR count). The van der Waals surface area contributed by atoms with E-state index >= 15 is 0 Å². The zero-order valence-electron chi connectivity index (χ0n) is 11.9. The molecule has 0 amide bonds. The molecule has 3 nitrogen and oxygen atoms in total. The van der Waals surface area contributed by atoms with Crippen LogP contribution in [0.1, 0.15) is 39.5 Å². The normalized spacial score (nSPS) is 20.6. The molecule has 1 saturated heterocycles. The van der Waals surface area contributed by atoms with Gasteiger partial charge in [-0.2, -0.15) is 0 Å². The van der Waals surface area contributed by atoms with Crippen molar-refractivity contribution in [3.05, 3.63) is 0 Å². The predicted molar refractivity (Wildman–Crippen MR) is 73.4 cm³/mol. The molecule has 1 atom stereocenters. The smallest absolute Gasteiger partial charge is 0.0491 e. The quantitative estimate of drug-likeness (QED) is 0.705. The maximum Gasteiger partial charge on any atom is 0.0491 e. The fraction of sp³-hybridized carbons (Fsp3) is 1.00. The van der Waals surface area contributed by atoms with Crippen molar-refractivity contribution in [2.45, 2.75) is 45.6 Å². The predicted octanol–water partition coefficient (Wildman–Crippen LogP) is 2.12. The third kappa shape index (κ3) is 5.84. The van der Waals surface area contributed by atoms with Gasteiger partial charge in [0.1, 0.15) is 0 Å². The van der Waals surface area contributed by atoms with Crippen molar-refractivity contribution in [2.75, 3.05) is 39.9 Å². The molecule has 1 heterocycles. The topological polar surface area (TPSA) is 24.5 Å². The van der Waals surface area contributed by atoms with Crippen molar-refractivity contribution in [1.82, 2.24) is 10.2 Å². The summed E-state index contributed by atoms with van der Waals surface area (Å²) >= 11 is 0. The van der Waals surface area contributed by atoms with E-state index < -0.39 is 0 Å². The summed E-state index contributed by atoms with van der Waals surface area (Å²) in [6.45, 7) is 10.3. The minimum absolute atomic E-state index is 0.675. The average Bonchev–Trinajstić information content (AvgIpc) is 2.37. The van der Waals surface area contributed by atoms with Crippen LogP contribution in [0, 0.1) is 5.92 Å². The van der Waals surface area contributed by atoms with Crippen molar-refractivity contribution in [2.24, 2.45) is 5.92 Å². The summed E-state index contributed by atoms with van der Waals surface area (Å²) in [4.78, 5) is 2.61. The molecule has 0 aliphatic carbocycles. The first-order chi connectivity index (χ1) is 8.30. The number of rotatable bonds is 8. The maximum absolute atomic E-state index is 5.24. The Bertz CT molecular complexity index is 179. The highest BCUT2D eigenvalue weighted by atomic mass is 16.5. The third-order valence-corrected chi connectivity index (χ3v) is 3.76. The molecule has 0 saturated carbocycles. The van der Waals surface area contributed by atoms with E-state index in [4.69, 9.17) is 4.74 Å². The van der Waals surface area contributed by atoms with Crippen LogP contribution < -0.4 is 5.32 Å². The third-order valence-electron chi connectivity index (χ3n) is 3.76. The van der Waals surface area contributed by atoms with E-state index in [0.717, 1.165) is 19.1 Å². The van der Waals surface area contributed by atoms with Gasteiger partial charge in [-0.15, -0.1) is 0 Å². The SMILES string of the molecule is CCCNC(CC)CN1CCC(COC)CC1. The van der Waals surface area contributed by atoms with E-state index in [1.807, 2.05) is 7.11 Å². The first kappa shape index (κ1) is 14.9. The molecule has 0 aromatic rings. The lowest BCUT2D eigenvalue weighted by Gasteiger charge is -2.34. The second kappa shape index (κ2) is 8.90. The van der Waals surface area contributed by atoms with Gasteiger partial charge in [-0.05, 0) is 51.2 Å². The molecule has 1 fully saturated rings. The van der Waals surface area contributed by atoms with Gasteiger partial charge in [0, 0.05) is 26.3 Å². The minimum atomic E-state index is 0.675. The molecular formula is C14H30N2O. The second-order valence-electron chi connectivity index (χ2n) is 5.26. The van der Waals surface area contributed by atoms with Crippen molar-refractivity contribution in [3.63, 3.8) is 0 Å². The van der Waals surface area contributed by atoms with Crippen LogP contribution in [0.5, 0.6) is 0 Å². The number of hydrogen-bond donors (Lipinski definition) is 1. The van der Waals surface area contributed by atoms with Gasteiger partial charge in [0.25, 0.3) is 0 Å². The van der Waals surface area contributed by atoms with Gasteiger partial charge in [0.2, 0.25) is 0 Å². The molecule has 1 aliphatic rings. The zero-order valence-corrected chi connectivity index (χ0v) is 11.9.